The van der Waals surface area contributed by atoms with E-state index in [-0.39, 0.29) is 0 Å². The van der Waals surface area contributed by atoms with Crippen LogP contribution in [0.4, 0.5) is 0 Å². The molecule has 0 rings (SSSR count). The van der Waals surface area contributed by atoms with Crippen molar-refractivity contribution < 1.29 is 0 Å². The van der Waals surface area contributed by atoms with E-state index in [2.05, 4.69) is 29.8 Å². The van der Waals surface area contributed by atoms with Gasteiger partial charge in [-0.25, -0.2) is 0 Å². The summed E-state index contributed by atoms with van der Waals surface area (Å²) >= 11 is 9.07. The smallest absolute Gasteiger partial charge is 0.0249 e. The molecule has 0 aliphatic carbocycles. The van der Waals surface area contributed by atoms with Gasteiger partial charge in [-0.2, -0.15) is 0 Å². The normalized spacial score (nSPS) is 17.3. The molecule has 0 bridgehead atoms. The van der Waals surface area contributed by atoms with Crippen LogP contribution in [0.15, 0.2) is 0 Å². The van der Waals surface area contributed by atoms with E-state index < -0.39 is 0 Å². The van der Waals surface area contributed by atoms with Crippen molar-refractivity contribution >= 4 is 27.5 Å². The molecule has 9 heavy (non-hydrogen) atoms. The van der Waals surface area contributed by atoms with E-state index in [4.69, 9.17) is 11.6 Å². The minimum Gasteiger partial charge on any atom is -0.126 e. The lowest BCUT2D eigenvalue weighted by Gasteiger charge is -2.11. The van der Waals surface area contributed by atoms with Gasteiger partial charge in [0, 0.05) is 11.2 Å². The minimum atomic E-state index is 0.666. The van der Waals surface area contributed by atoms with E-state index in [0.29, 0.717) is 5.92 Å². The average Bonchev–Trinajstić information content (AvgIpc) is 1.87. The lowest BCUT2D eigenvalue weighted by molar-refractivity contribution is 0.480. The van der Waals surface area contributed by atoms with Crippen molar-refractivity contribution in [3.05, 3.63) is 0 Å². The first kappa shape index (κ1) is 9.77. The van der Waals surface area contributed by atoms with Crippen molar-refractivity contribution in [3.8, 4) is 0 Å². The van der Waals surface area contributed by atoms with Crippen LogP contribution < -0.4 is 0 Å². The van der Waals surface area contributed by atoms with Crippen LogP contribution in [0.2, 0.25) is 0 Å². The third-order valence-corrected chi connectivity index (χ3v) is 2.96. The summed E-state index contributed by atoms with van der Waals surface area (Å²) in [6.45, 7) is 4.42. The van der Waals surface area contributed by atoms with Crippen LogP contribution >= 0.6 is 27.5 Å². The molecule has 0 aromatic carbocycles. The van der Waals surface area contributed by atoms with Gasteiger partial charge in [0.25, 0.3) is 0 Å². The summed E-state index contributed by atoms with van der Waals surface area (Å²) in [6.07, 6.45) is 1.23. The molecular weight excluding hydrogens is 199 g/mol. The molecule has 0 nitrogen and oxygen atoms in total. The molecule has 0 amide bonds. The molecule has 0 aromatic rings. The highest BCUT2D eigenvalue weighted by Gasteiger charge is 2.05. The highest BCUT2D eigenvalue weighted by Crippen LogP contribution is 2.14. The molecule has 0 aliphatic heterocycles. The summed E-state index contributed by atoms with van der Waals surface area (Å²) in [4.78, 5) is 0. The van der Waals surface area contributed by atoms with Crippen molar-refractivity contribution in [2.75, 3.05) is 11.2 Å². The Labute approximate surface area is 71.1 Å². The van der Waals surface area contributed by atoms with Crippen LogP contribution in [-0.2, 0) is 0 Å². The lowest BCUT2D eigenvalue weighted by atomic mass is 10.0. The molecule has 56 valence electrons. The first-order chi connectivity index (χ1) is 4.20. The Bertz CT molecular complexity index is 57.9. The van der Waals surface area contributed by atoms with Gasteiger partial charge in [0.05, 0.1) is 0 Å². The molecule has 0 aromatic heterocycles. The van der Waals surface area contributed by atoms with Gasteiger partial charge in [-0.3, -0.25) is 0 Å². The second kappa shape index (κ2) is 5.55. The van der Waals surface area contributed by atoms with E-state index in [1.807, 2.05) is 0 Å². The van der Waals surface area contributed by atoms with Gasteiger partial charge in [0.15, 0.2) is 0 Å². The topological polar surface area (TPSA) is 0 Å². The van der Waals surface area contributed by atoms with Gasteiger partial charge in [-0.05, 0) is 18.3 Å². The van der Waals surface area contributed by atoms with Crippen molar-refractivity contribution in [1.82, 2.24) is 0 Å². The van der Waals surface area contributed by atoms with Crippen LogP contribution in [0.1, 0.15) is 20.3 Å². The van der Waals surface area contributed by atoms with Gasteiger partial charge in [-0.1, -0.05) is 29.8 Å². The first-order valence-corrected chi connectivity index (χ1v) is 4.98. The average molecular weight is 214 g/mol. The van der Waals surface area contributed by atoms with Crippen LogP contribution in [0, 0.1) is 11.8 Å². The molecule has 0 radical (unpaired) electrons. The number of halogens is 2. The molecule has 2 heteroatoms. The Balaban J connectivity index is 3.22. The van der Waals surface area contributed by atoms with E-state index in [1.165, 1.54) is 6.42 Å². The van der Waals surface area contributed by atoms with Crippen molar-refractivity contribution in [3.63, 3.8) is 0 Å². The summed E-state index contributed by atoms with van der Waals surface area (Å²) < 4.78 is 0. The second-order valence-electron chi connectivity index (χ2n) is 2.75. The summed E-state index contributed by atoms with van der Waals surface area (Å²) in [5, 5.41) is 1.09. The monoisotopic (exact) mass is 212 g/mol. The second-order valence-corrected chi connectivity index (χ2v) is 3.71. The Morgan fingerprint density at radius 1 is 1.33 bits per heavy atom. The van der Waals surface area contributed by atoms with Crippen molar-refractivity contribution in [2.24, 2.45) is 11.8 Å². The molecule has 2 unspecified atom stereocenters. The zero-order valence-corrected chi connectivity index (χ0v) is 8.37. The molecule has 2 atom stereocenters. The molecule has 0 N–H and O–H groups in total. The van der Waals surface area contributed by atoms with Crippen LogP contribution in [0.25, 0.3) is 0 Å². The number of rotatable bonds is 4. The number of hydrogen-bond donors (Lipinski definition) is 0. The molecule has 0 heterocycles. The third kappa shape index (κ3) is 5.23. The van der Waals surface area contributed by atoms with Crippen molar-refractivity contribution in [2.45, 2.75) is 20.3 Å². The fraction of sp³-hybridized carbons (Fsp3) is 1.00. The Kier molecular flexibility index (Phi) is 6.02. The highest BCUT2D eigenvalue weighted by atomic mass is 79.9. The van der Waals surface area contributed by atoms with E-state index >= 15 is 0 Å². The molecule has 0 saturated heterocycles. The van der Waals surface area contributed by atoms with Gasteiger partial charge in [0.2, 0.25) is 0 Å². The lowest BCUT2D eigenvalue weighted by Crippen LogP contribution is -2.04. The molecular formula is C7H14BrCl. The van der Waals surface area contributed by atoms with Gasteiger partial charge < -0.3 is 0 Å². The Morgan fingerprint density at radius 3 is 2.22 bits per heavy atom. The van der Waals surface area contributed by atoms with Crippen LogP contribution in [-0.4, -0.2) is 11.2 Å². The standard InChI is InChI=1S/C7H14BrCl/c1-6(4-8)3-7(2)5-9/h6-7H,3-5H2,1-2H3. The van der Waals surface area contributed by atoms with Gasteiger partial charge in [-0.15, -0.1) is 11.6 Å². The maximum absolute atomic E-state index is 5.64. The molecule has 0 fully saturated rings. The highest BCUT2D eigenvalue weighted by molar-refractivity contribution is 9.09. The Morgan fingerprint density at radius 2 is 1.89 bits per heavy atom. The predicted molar refractivity (Wildman–Crippen MR) is 47.5 cm³/mol. The minimum absolute atomic E-state index is 0.666. The molecule has 0 aliphatic rings. The van der Waals surface area contributed by atoms with Crippen LogP contribution in [0.5, 0.6) is 0 Å². The quantitative estimate of drug-likeness (QED) is 0.629. The fourth-order valence-electron chi connectivity index (χ4n) is 0.813. The van der Waals surface area contributed by atoms with Gasteiger partial charge in [0.1, 0.15) is 0 Å². The third-order valence-electron chi connectivity index (χ3n) is 1.33. The SMILES string of the molecule is CC(CCl)CC(C)CBr. The Hall–Kier alpha value is 0.770. The fourth-order valence-corrected chi connectivity index (χ4v) is 1.20. The first-order valence-electron chi connectivity index (χ1n) is 3.32. The molecule has 0 saturated carbocycles. The van der Waals surface area contributed by atoms with Crippen LogP contribution in [0.3, 0.4) is 0 Å². The van der Waals surface area contributed by atoms with E-state index in [9.17, 15) is 0 Å². The zero-order valence-electron chi connectivity index (χ0n) is 6.03. The largest absolute Gasteiger partial charge is 0.126 e. The predicted octanol–water partition coefficient (Wildman–Crippen LogP) is 3.28. The summed E-state index contributed by atoms with van der Waals surface area (Å²) in [5.74, 6) is 2.22. The van der Waals surface area contributed by atoms with E-state index in [1.54, 1.807) is 0 Å². The zero-order chi connectivity index (χ0) is 7.28. The summed E-state index contributed by atoms with van der Waals surface area (Å²) in [7, 11) is 0. The van der Waals surface area contributed by atoms with Crippen molar-refractivity contribution in [1.29, 1.82) is 0 Å². The number of hydrogen-bond acceptors (Lipinski definition) is 0. The van der Waals surface area contributed by atoms with Gasteiger partial charge >= 0.3 is 0 Å². The number of alkyl halides is 2. The maximum Gasteiger partial charge on any atom is 0.0249 e. The maximum atomic E-state index is 5.64. The molecule has 0 spiro atoms. The summed E-state index contributed by atoms with van der Waals surface area (Å²) in [5.41, 5.74) is 0. The van der Waals surface area contributed by atoms with E-state index in [0.717, 1.165) is 17.1 Å². The summed E-state index contributed by atoms with van der Waals surface area (Å²) in [6, 6.07) is 0.